The Bertz CT molecular complexity index is 1250. The molecule has 8 heteroatoms. The van der Waals surface area contributed by atoms with E-state index in [-0.39, 0.29) is 5.91 Å². The van der Waals surface area contributed by atoms with Gasteiger partial charge in [0.25, 0.3) is 0 Å². The van der Waals surface area contributed by atoms with Crippen molar-refractivity contribution >= 4 is 34.4 Å². The van der Waals surface area contributed by atoms with E-state index in [1.165, 1.54) is 0 Å². The number of hydrogen-bond acceptors (Lipinski definition) is 5. The summed E-state index contributed by atoms with van der Waals surface area (Å²) in [5, 5.41) is 8.45. The van der Waals surface area contributed by atoms with Crippen LogP contribution in [0.5, 0.6) is 0 Å². The molecule has 8 nitrogen and oxygen atoms in total. The number of unbranched alkanes of at least 4 members (excludes halogenated alkanes) is 1. The van der Waals surface area contributed by atoms with Gasteiger partial charge in [0.05, 0.1) is 0 Å². The van der Waals surface area contributed by atoms with Gasteiger partial charge in [-0.25, -0.2) is 9.78 Å². The molecule has 0 saturated heterocycles. The van der Waals surface area contributed by atoms with Gasteiger partial charge in [-0.3, -0.25) is 4.79 Å². The molecule has 0 unspecified atom stereocenters. The highest BCUT2D eigenvalue weighted by Crippen LogP contribution is 2.25. The molecule has 180 valence electrons. The summed E-state index contributed by atoms with van der Waals surface area (Å²) in [6, 6.07) is 21.1. The molecule has 0 saturated carbocycles. The minimum absolute atomic E-state index is 0.271. The van der Waals surface area contributed by atoms with Gasteiger partial charge < -0.3 is 26.1 Å². The molecule has 0 fully saturated rings. The number of rotatable bonds is 9. The van der Waals surface area contributed by atoms with Crippen molar-refractivity contribution in [2.45, 2.75) is 32.2 Å². The lowest BCUT2D eigenvalue weighted by Gasteiger charge is -2.19. The normalized spacial score (nSPS) is 11.7. The summed E-state index contributed by atoms with van der Waals surface area (Å²) in [6.45, 7) is 2.51. The molecular weight excluding hydrogens is 442 g/mol. The SMILES string of the molecule is Cc1ccc(NC(=O)[C@H](CCCCN)NC(=O)Nc2ccc(-c3nc4ccccc4o3)cc2)cc1. The minimum atomic E-state index is -0.693. The predicted octanol–water partition coefficient (Wildman–Crippen LogP) is 5.06. The second-order valence-corrected chi connectivity index (χ2v) is 8.35. The number of nitrogens with one attached hydrogen (secondary N) is 3. The fraction of sp³-hybridized carbons (Fsp3) is 0.222. The highest BCUT2D eigenvalue weighted by molar-refractivity contribution is 5.99. The molecule has 0 radical (unpaired) electrons. The van der Waals surface area contributed by atoms with Crippen molar-refractivity contribution in [2.24, 2.45) is 5.73 Å². The number of para-hydroxylation sites is 2. The highest BCUT2D eigenvalue weighted by Gasteiger charge is 2.21. The van der Waals surface area contributed by atoms with Crippen molar-refractivity contribution in [1.82, 2.24) is 10.3 Å². The standard InChI is InChI=1S/C27H29N5O3/c1-18-9-13-20(14-10-18)29-25(33)23(7-4-5-17-28)32-27(34)30-21-15-11-19(12-16-21)26-31-22-6-2-3-8-24(22)35-26/h2-3,6,8-16,23H,4-5,7,17,28H2,1H3,(H,29,33)(H2,30,32,34)/t23-/m0/s1. The van der Waals surface area contributed by atoms with Crippen LogP contribution in [0, 0.1) is 6.92 Å². The van der Waals surface area contributed by atoms with E-state index >= 15 is 0 Å². The Morgan fingerprint density at radius 1 is 0.914 bits per heavy atom. The lowest BCUT2D eigenvalue weighted by molar-refractivity contribution is -0.118. The molecule has 0 aliphatic carbocycles. The number of carbonyl (C=O) groups is 2. The number of hydrogen-bond donors (Lipinski definition) is 4. The number of oxazole rings is 1. The van der Waals surface area contributed by atoms with Crippen LogP contribution in [-0.2, 0) is 4.79 Å². The third-order valence-electron chi connectivity index (χ3n) is 5.57. The van der Waals surface area contributed by atoms with Gasteiger partial charge in [0.2, 0.25) is 11.8 Å². The van der Waals surface area contributed by atoms with Crippen molar-refractivity contribution in [3.63, 3.8) is 0 Å². The van der Waals surface area contributed by atoms with E-state index < -0.39 is 12.1 Å². The van der Waals surface area contributed by atoms with Gasteiger partial charge in [0.1, 0.15) is 11.6 Å². The quantitative estimate of drug-likeness (QED) is 0.254. The maximum absolute atomic E-state index is 12.9. The third-order valence-corrected chi connectivity index (χ3v) is 5.57. The Kier molecular flexibility index (Phi) is 7.74. The number of fused-ring (bicyclic) bond motifs is 1. The number of urea groups is 1. The van der Waals surface area contributed by atoms with Crippen molar-refractivity contribution in [3.05, 3.63) is 78.4 Å². The number of nitrogens with two attached hydrogens (primary N) is 1. The number of amides is 3. The van der Waals surface area contributed by atoms with E-state index in [0.717, 1.165) is 29.5 Å². The second kappa shape index (κ2) is 11.3. The third kappa shape index (κ3) is 6.45. The van der Waals surface area contributed by atoms with E-state index in [4.69, 9.17) is 10.2 Å². The number of aromatic nitrogens is 1. The molecule has 3 amide bonds. The first-order valence-corrected chi connectivity index (χ1v) is 11.6. The molecule has 35 heavy (non-hydrogen) atoms. The number of benzene rings is 3. The van der Waals surface area contributed by atoms with E-state index in [1.54, 1.807) is 12.1 Å². The van der Waals surface area contributed by atoms with Crippen LogP contribution in [0.4, 0.5) is 16.2 Å². The van der Waals surface area contributed by atoms with Crippen LogP contribution < -0.4 is 21.7 Å². The predicted molar refractivity (Wildman–Crippen MR) is 138 cm³/mol. The second-order valence-electron chi connectivity index (χ2n) is 8.35. The summed E-state index contributed by atoms with van der Waals surface area (Å²) in [7, 11) is 0. The van der Waals surface area contributed by atoms with Gasteiger partial charge in [-0.1, -0.05) is 29.8 Å². The largest absolute Gasteiger partial charge is 0.436 e. The topological polar surface area (TPSA) is 122 Å². The number of aryl methyl sites for hydroxylation is 1. The molecule has 1 aromatic heterocycles. The van der Waals surface area contributed by atoms with Crippen molar-refractivity contribution in [2.75, 3.05) is 17.2 Å². The molecule has 4 rings (SSSR count). The molecule has 1 heterocycles. The Morgan fingerprint density at radius 2 is 1.60 bits per heavy atom. The fourth-order valence-electron chi connectivity index (χ4n) is 3.65. The molecule has 5 N–H and O–H groups in total. The number of anilines is 2. The monoisotopic (exact) mass is 471 g/mol. The van der Waals surface area contributed by atoms with Crippen molar-refractivity contribution in [3.8, 4) is 11.5 Å². The summed E-state index contributed by atoms with van der Waals surface area (Å²) in [5.74, 6) is 0.238. The van der Waals surface area contributed by atoms with Gasteiger partial charge in [0, 0.05) is 16.9 Å². The molecule has 3 aromatic carbocycles. The minimum Gasteiger partial charge on any atom is -0.436 e. The first kappa shape index (κ1) is 24.0. The summed E-state index contributed by atoms with van der Waals surface area (Å²) in [6.07, 6.45) is 1.98. The van der Waals surface area contributed by atoms with Gasteiger partial charge in [-0.15, -0.1) is 0 Å². The zero-order valence-electron chi connectivity index (χ0n) is 19.6. The lowest BCUT2D eigenvalue weighted by Crippen LogP contribution is -2.45. The molecule has 0 bridgehead atoms. The molecule has 0 aliphatic heterocycles. The molecule has 0 spiro atoms. The molecular formula is C27H29N5O3. The smallest absolute Gasteiger partial charge is 0.319 e. The van der Waals surface area contributed by atoms with Gasteiger partial charge in [0.15, 0.2) is 5.58 Å². The maximum atomic E-state index is 12.9. The summed E-state index contributed by atoms with van der Waals surface area (Å²) < 4.78 is 5.79. The first-order chi connectivity index (χ1) is 17.0. The summed E-state index contributed by atoms with van der Waals surface area (Å²) >= 11 is 0. The Hall–Kier alpha value is -4.17. The van der Waals surface area contributed by atoms with E-state index in [1.807, 2.05) is 67.6 Å². The van der Waals surface area contributed by atoms with Crippen LogP contribution in [0.15, 0.2) is 77.2 Å². The lowest BCUT2D eigenvalue weighted by atomic mass is 10.1. The van der Waals surface area contributed by atoms with E-state index in [2.05, 4.69) is 20.9 Å². The van der Waals surface area contributed by atoms with Crippen molar-refractivity contribution < 1.29 is 14.0 Å². The average molecular weight is 472 g/mol. The summed E-state index contributed by atoms with van der Waals surface area (Å²) in [5.41, 5.74) is 10.3. The molecule has 1 atom stereocenters. The van der Waals surface area contributed by atoms with E-state index in [9.17, 15) is 9.59 Å². The Balaban J connectivity index is 1.38. The summed E-state index contributed by atoms with van der Waals surface area (Å²) in [4.78, 5) is 30.0. The van der Waals surface area contributed by atoms with Gasteiger partial charge in [-0.2, -0.15) is 0 Å². The molecule has 0 aliphatic rings. The average Bonchev–Trinajstić information content (AvgIpc) is 3.30. The van der Waals surface area contributed by atoms with Gasteiger partial charge >= 0.3 is 6.03 Å². The van der Waals surface area contributed by atoms with E-state index in [0.29, 0.717) is 35.8 Å². The van der Waals surface area contributed by atoms with Crippen LogP contribution in [0.3, 0.4) is 0 Å². The van der Waals surface area contributed by atoms with Crippen LogP contribution in [0.25, 0.3) is 22.6 Å². The molecule has 4 aromatic rings. The van der Waals surface area contributed by atoms with Crippen LogP contribution >= 0.6 is 0 Å². The first-order valence-electron chi connectivity index (χ1n) is 11.6. The van der Waals surface area contributed by atoms with Crippen LogP contribution in [-0.4, -0.2) is 29.5 Å². The fourth-order valence-corrected chi connectivity index (χ4v) is 3.65. The Morgan fingerprint density at radius 3 is 2.31 bits per heavy atom. The Labute approximate surface area is 203 Å². The van der Waals surface area contributed by atoms with Crippen LogP contribution in [0.2, 0.25) is 0 Å². The number of nitrogens with zero attached hydrogens (tertiary/aromatic N) is 1. The van der Waals surface area contributed by atoms with Gasteiger partial charge in [-0.05, 0) is 81.3 Å². The van der Waals surface area contributed by atoms with Crippen molar-refractivity contribution in [1.29, 1.82) is 0 Å². The number of carbonyl (C=O) groups excluding carboxylic acids is 2. The zero-order chi connectivity index (χ0) is 24.6. The highest BCUT2D eigenvalue weighted by atomic mass is 16.3. The van der Waals surface area contributed by atoms with Crippen LogP contribution in [0.1, 0.15) is 24.8 Å². The maximum Gasteiger partial charge on any atom is 0.319 e. The zero-order valence-corrected chi connectivity index (χ0v) is 19.6.